The summed E-state index contributed by atoms with van der Waals surface area (Å²) in [6.07, 6.45) is 2.87. The van der Waals surface area contributed by atoms with Crippen molar-refractivity contribution in [3.63, 3.8) is 0 Å². The Morgan fingerprint density at radius 3 is 2.34 bits per heavy atom. The predicted molar refractivity (Wildman–Crippen MR) is 125 cm³/mol. The van der Waals surface area contributed by atoms with Gasteiger partial charge in [-0.15, -0.1) is 0 Å². The summed E-state index contributed by atoms with van der Waals surface area (Å²) >= 11 is 12.0. The van der Waals surface area contributed by atoms with E-state index in [1.165, 1.54) is 36.7 Å². The van der Waals surface area contributed by atoms with Crippen molar-refractivity contribution in [1.29, 1.82) is 0 Å². The highest BCUT2D eigenvalue weighted by atomic mass is 35.5. The highest BCUT2D eigenvalue weighted by Gasteiger charge is 2.20. The SMILES string of the molecule is CC(C(=O)Nc1ccc(S(=O)(=O)Nc2ncccn2)cc1)N(C)Cc1ccc(Cl)c(Cl)c1. The summed E-state index contributed by atoms with van der Waals surface area (Å²) in [6.45, 7) is 2.27. The average molecular weight is 494 g/mol. The first-order valence-electron chi connectivity index (χ1n) is 9.50. The summed E-state index contributed by atoms with van der Waals surface area (Å²) in [7, 11) is -2.03. The molecule has 1 unspecified atom stereocenters. The van der Waals surface area contributed by atoms with Crippen LogP contribution in [0.2, 0.25) is 10.0 Å². The fraction of sp³-hybridized carbons (Fsp3) is 0.190. The number of nitrogens with zero attached hydrogens (tertiary/aromatic N) is 3. The number of hydrogen-bond acceptors (Lipinski definition) is 6. The number of likely N-dealkylation sites (N-methyl/N-ethyl adjacent to an activating group) is 1. The molecule has 11 heteroatoms. The van der Waals surface area contributed by atoms with Crippen molar-refractivity contribution in [2.75, 3.05) is 17.1 Å². The molecule has 1 atom stereocenters. The van der Waals surface area contributed by atoms with Crippen molar-refractivity contribution in [2.45, 2.75) is 24.4 Å². The van der Waals surface area contributed by atoms with Crippen molar-refractivity contribution in [2.24, 2.45) is 0 Å². The van der Waals surface area contributed by atoms with E-state index >= 15 is 0 Å². The van der Waals surface area contributed by atoms with Crippen LogP contribution in [0, 0.1) is 0 Å². The van der Waals surface area contributed by atoms with Gasteiger partial charge >= 0.3 is 0 Å². The standard InChI is InChI=1S/C21H21Cl2N5O3S/c1-14(28(2)13-15-4-9-18(22)19(23)12-15)20(29)26-16-5-7-17(8-6-16)32(30,31)27-21-24-10-3-11-25-21/h3-12,14H,13H2,1-2H3,(H,26,29)(H,24,25,27). The highest BCUT2D eigenvalue weighted by Crippen LogP contribution is 2.23. The first kappa shape index (κ1) is 23.9. The maximum absolute atomic E-state index is 12.6. The van der Waals surface area contributed by atoms with Crippen LogP contribution in [0.3, 0.4) is 0 Å². The summed E-state index contributed by atoms with van der Waals surface area (Å²) in [6, 6.07) is 12.3. The number of carbonyl (C=O) groups excluding carboxylic acids is 1. The van der Waals surface area contributed by atoms with E-state index < -0.39 is 16.1 Å². The summed E-state index contributed by atoms with van der Waals surface area (Å²) in [4.78, 5) is 22.2. The van der Waals surface area contributed by atoms with Crippen LogP contribution in [0.4, 0.5) is 11.6 Å². The van der Waals surface area contributed by atoms with Gasteiger partial charge in [0, 0.05) is 24.6 Å². The Morgan fingerprint density at radius 1 is 1.06 bits per heavy atom. The Bertz CT molecular complexity index is 1190. The van der Waals surface area contributed by atoms with Crippen LogP contribution in [-0.4, -0.2) is 42.3 Å². The van der Waals surface area contributed by atoms with Crippen LogP contribution in [0.5, 0.6) is 0 Å². The van der Waals surface area contributed by atoms with Crippen molar-refractivity contribution in [3.05, 3.63) is 76.5 Å². The number of nitrogens with one attached hydrogen (secondary N) is 2. The Balaban J connectivity index is 1.61. The number of carbonyl (C=O) groups is 1. The minimum absolute atomic E-state index is 0.0211. The molecule has 0 aliphatic carbocycles. The maximum Gasteiger partial charge on any atom is 0.264 e. The summed E-state index contributed by atoms with van der Waals surface area (Å²) in [5, 5.41) is 3.72. The third-order valence-corrected chi connectivity index (χ3v) is 6.76. The molecule has 8 nitrogen and oxygen atoms in total. The second kappa shape index (κ2) is 10.3. The van der Waals surface area contributed by atoms with E-state index in [-0.39, 0.29) is 16.8 Å². The van der Waals surface area contributed by atoms with E-state index in [1.54, 1.807) is 25.1 Å². The van der Waals surface area contributed by atoms with E-state index in [4.69, 9.17) is 23.2 Å². The number of rotatable bonds is 8. The van der Waals surface area contributed by atoms with Crippen LogP contribution in [0.1, 0.15) is 12.5 Å². The van der Waals surface area contributed by atoms with E-state index in [2.05, 4.69) is 20.0 Å². The lowest BCUT2D eigenvalue weighted by molar-refractivity contribution is -0.120. The molecule has 2 aromatic carbocycles. The van der Waals surface area contributed by atoms with Gasteiger partial charge in [-0.1, -0.05) is 29.3 Å². The maximum atomic E-state index is 12.6. The van der Waals surface area contributed by atoms with Crippen LogP contribution in [0.25, 0.3) is 0 Å². The van der Waals surface area contributed by atoms with Gasteiger partial charge in [0.25, 0.3) is 10.0 Å². The third-order valence-electron chi connectivity index (χ3n) is 4.68. The number of sulfonamides is 1. The highest BCUT2D eigenvalue weighted by molar-refractivity contribution is 7.92. The van der Waals surface area contributed by atoms with Gasteiger partial charge in [-0.25, -0.2) is 23.1 Å². The van der Waals surface area contributed by atoms with Gasteiger partial charge in [-0.3, -0.25) is 9.69 Å². The lowest BCUT2D eigenvalue weighted by Crippen LogP contribution is -2.39. The molecule has 32 heavy (non-hydrogen) atoms. The fourth-order valence-corrected chi connectivity index (χ4v) is 4.04. The molecule has 0 spiro atoms. The van der Waals surface area contributed by atoms with Crippen LogP contribution >= 0.6 is 23.2 Å². The molecule has 0 aliphatic heterocycles. The topological polar surface area (TPSA) is 104 Å². The molecule has 1 amide bonds. The molecule has 0 saturated heterocycles. The van der Waals surface area contributed by atoms with Gasteiger partial charge in [0.2, 0.25) is 11.9 Å². The largest absolute Gasteiger partial charge is 0.325 e. The Labute approximate surface area is 196 Å². The number of aromatic nitrogens is 2. The quantitative estimate of drug-likeness (QED) is 0.490. The van der Waals surface area contributed by atoms with Crippen LogP contribution < -0.4 is 10.0 Å². The Kier molecular flexibility index (Phi) is 7.68. The molecule has 3 aromatic rings. The minimum atomic E-state index is -3.85. The summed E-state index contributed by atoms with van der Waals surface area (Å²) < 4.78 is 27.2. The lowest BCUT2D eigenvalue weighted by Gasteiger charge is -2.24. The minimum Gasteiger partial charge on any atom is -0.325 e. The normalized spacial score (nSPS) is 12.4. The molecule has 0 fully saturated rings. The molecule has 1 aromatic heterocycles. The average Bonchev–Trinajstić information content (AvgIpc) is 2.76. The van der Waals surface area contributed by atoms with E-state index in [1.807, 2.05) is 18.0 Å². The van der Waals surface area contributed by atoms with Gasteiger partial charge in [0.05, 0.1) is 21.0 Å². The van der Waals surface area contributed by atoms with E-state index in [0.29, 0.717) is 22.3 Å². The first-order chi connectivity index (χ1) is 15.2. The van der Waals surface area contributed by atoms with Crippen LogP contribution in [0.15, 0.2) is 65.8 Å². The smallest absolute Gasteiger partial charge is 0.264 e. The zero-order valence-electron chi connectivity index (χ0n) is 17.3. The third kappa shape index (κ3) is 6.17. The molecule has 0 radical (unpaired) electrons. The monoisotopic (exact) mass is 493 g/mol. The number of benzene rings is 2. The summed E-state index contributed by atoms with van der Waals surface area (Å²) in [5.74, 6) is -0.261. The number of halogens is 2. The second-order valence-electron chi connectivity index (χ2n) is 7.03. The molecule has 168 valence electrons. The number of hydrogen-bond donors (Lipinski definition) is 2. The zero-order chi connectivity index (χ0) is 23.3. The van der Waals surface area contributed by atoms with Gasteiger partial charge in [-0.05, 0) is 62.0 Å². The zero-order valence-corrected chi connectivity index (χ0v) is 19.6. The van der Waals surface area contributed by atoms with Crippen molar-refractivity contribution >= 4 is 50.8 Å². The molecular formula is C21H21Cl2N5O3S. The van der Waals surface area contributed by atoms with Crippen molar-refractivity contribution in [3.8, 4) is 0 Å². The van der Waals surface area contributed by atoms with Crippen molar-refractivity contribution < 1.29 is 13.2 Å². The fourth-order valence-electron chi connectivity index (χ4n) is 2.76. The van der Waals surface area contributed by atoms with E-state index in [0.717, 1.165) is 5.56 Å². The molecule has 0 saturated carbocycles. The predicted octanol–water partition coefficient (Wildman–Crippen LogP) is 4.04. The molecule has 2 N–H and O–H groups in total. The molecule has 0 aliphatic rings. The number of anilines is 2. The second-order valence-corrected chi connectivity index (χ2v) is 9.53. The van der Waals surface area contributed by atoms with E-state index in [9.17, 15) is 13.2 Å². The molecular weight excluding hydrogens is 473 g/mol. The molecule has 1 heterocycles. The lowest BCUT2D eigenvalue weighted by atomic mass is 10.2. The van der Waals surface area contributed by atoms with Gasteiger partial charge in [0.15, 0.2) is 0 Å². The van der Waals surface area contributed by atoms with Gasteiger partial charge in [0.1, 0.15) is 0 Å². The Morgan fingerprint density at radius 2 is 1.72 bits per heavy atom. The molecule has 0 bridgehead atoms. The Hall–Kier alpha value is -2.72. The van der Waals surface area contributed by atoms with Crippen molar-refractivity contribution in [1.82, 2.24) is 14.9 Å². The van der Waals surface area contributed by atoms with Gasteiger partial charge < -0.3 is 5.32 Å². The first-order valence-corrected chi connectivity index (χ1v) is 11.7. The van der Waals surface area contributed by atoms with Crippen LogP contribution in [-0.2, 0) is 21.4 Å². The number of amides is 1. The van der Waals surface area contributed by atoms with Gasteiger partial charge in [-0.2, -0.15) is 0 Å². The molecule has 3 rings (SSSR count). The summed E-state index contributed by atoms with van der Waals surface area (Å²) in [5.41, 5.74) is 1.39.